The van der Waals surface area contributed by atoms with Crippen LogP contribution in [-0.2, 0) is 46.4 Å². The van der Waals surface area contributed by atoms with Crippen LogP contribution in [0.4, 0.5) is 5.69 Å². The average molecular weight is 1040 g/mol. The first kappa shape index (κ1) is 57.3. The van der Waals surface area contributed by atoms with Gasteiger partial charge in [-0.15, -0.1) is 0 Å². The molecule has 2 aromatic heterocycles. The number of benzene rings is 1. The third kappa shape index (κ3) is 12.6. The van der Waals surface area contributed by atoms with E-state index in [1.54, 1.807) is 27.9 Å². The Kier molecular flexibility index (Phi) is 18.3. The van der Waals surface area contributed by atoms with E-state index in [2.05, 4.69) is 82.0 Å². The maximum atomic E-state index is 14.3. The number of carbonyl (C=O) groups excluding carboxylic acids is 5. The number of fused-ring (bicyclic) bond motifs is 1. The van der Waals surface area contributed by atoms with Gasteiger partial charge in [-0.1, -0.05) is 40.5 Å². The first-order chi connectivity index (χ1) is 35.6. The number of aromatic nitrogens is 2. The molecule has 17 nitrogen and oxygen atoms in total. The van der Waals surface area contributed by atoms with Crippen molar-refractivity contribution < 1.29 is 38.6 Å². The number of nitrogens with one attached hydrogen (secondary N) is 2. The van der Waals surface area contributed by atoms with E-state index >= 15 is 0 Å². The molecule has 5 atom stereocenters. The number of amides is 4. The number of aldehydes is 1. The summed E-state index contributed by atoms with van der Waals surface area (Å²) in [6.07, 6.45) is 8.97. The van der Waals surface area contributed by atoms with Crippen molar-refractivity contribution >= 4 is 46.5 Å². The fraction of sp³-hybridized carbons (Fsp3) is 0.655. The lowest BCUT2D eigenvalue weighted by molar-refractivity contribution is -0.156. The first-order valence-corrected chi connectivity index (χ1v) is 27.5. The van der Waals surface area contributed by atoms with Gasteiger partial charge in [-0.05, 0) is 132 Å². The van der Waals surface area contributed by atoms with Gasteiger partial charge in [-0.25, -0.2) is 5.43 Å². The summed E-state index contributed by atoms with van der Waals surface area (Å²) in [5.74, 6) is 3.27. The van der Waals surface area contributed by atoms with Crippen LogP contribution in [0.3, 0.4) is 0 Å². The van der Waals surface area contributed by atoms with Gasteiger partial charge >= 0.3 is 0 Å². The highest BCUT2D eigenvalue weighted by Gasteiger charge is 2.49. The Morgan fingerprint density at radius 3 is 2.35 bits per heavy atom. The molecule has 75 heavy (non-hydrogen) atoms. The van der Waals surface area contributed by atoms with Crippen LogP contribution in [0.25, 0.3) is 22.2 Å². The fourth-order valence-corrected chi connectivity index (χ4v) is 11.5. The molecule has 4 saturated heterocycles. The van der Waals surface area contributed by atoms with E-state index in [-0.39, 0.29) is 38.6 Å². The molecule has 3 aromatic rings. The number of ether oxygens (including phenoxy) is 2. The predicted octanol–water partition coefficient (Wildman–Crippen LogP) is 5.90. The number of piperidine rings is 1. The molecule has 7 rings (SSSR count). The third-order valence-corrected chi connectivity index (χ3v) is 16.1. The summed E-state index contributed by atoms with van der Waals surface area (Å²) >= 11 is 0. The number of anilines is 1. The van der Waals surface area contributed by atoms with Crippen LogP contribution in [0.1, 0.15) is 131 Å². The number of aliphatic hydroxyl groups is 1. The summed E-state index contributed by atoms with van der Waals surface area (Å²) in [4.78, 5) is 81.0. The predicted molar refractivity (Wildman–Crippen MR) is 291 cm³/mol. The van der Waals surface area contributed by atoms with Crippen LogP contribution in [0.15, 0.2) is 36.5 Å². The van der Waals surface area contributed by atoms with Crippen LogP contribution < -0.4 is 15.6 Å². The van der Waals surface area contributed by atoms with E-state index in [0.29, 0.717) is 32.4 Å². The number of hydrogen-bond acceptors (Lipinski definition) is 12. The molecule has 1 aromatic carbocycles. The van der Waals surface area contributed by atoms with Crippen molar-refractivity contribution in [2.45, 2.75) is 162 Å². The molecule has 0 spiro atoms. The van der Waals surface area contributed by atoms with Gasteiger partial charge in [0.15, 0.2) is 5.60 Å². The fourth-order valence-electron chi connectivity index (χ4n) is 11.5. The molecule has 4 fully saturated rings. The average Bonchev–Trinajstić information content (AvgIpc) is 3.93. The number of aryl methyl sites for hydroxylation is 1. The molecule has 410 valence electrons. The van der Waals surface area contributed by atoms with E-state index in [9.17, 15) is 29.1 Å². The Hall–Kier alpha value is -5.38. The number of β-amino-alcohol motifs (C(OH)–C–C–N with tert-alkyl or cyclic N) is 1. The number of carbonyl (C=O) groups is 5. The molecule has 17 heteroatoms. The van der Waals surface area contributed by atoms with Crippen molar-refractivity contribution in [3.8, 4) is 23.1 Å². The van der Waals surface area contributed by atoms with E-state index < -0.39 is 63.7 Å². The second-order valence-electron chi connectivity index (χ2n) is 23.2. The Morgan fingerprint density at radius 2 is 1.71 bits per heavy atom. The summed E-state index contributed by atoms with van der Waals surface area (Å²) in [6, 6.07) is 8.96. The smallest absolute Gasteiger partial charge is 0.298 e. The highest BCUT2D eigenvalue weighted by Crippen LogP contribution is 2.42. The van der Waals surface area contributed by atoms with Gasteiger partial charge in [0.25, 0.3) is 17.7 Å². The molecule has 4 aliphatic heterocycles. The van der Waals surface area contributed by atoms with E-state index in [1.165, 1.54) is 57.8 Å². The number of likely N-dealkylation sites (tertiary alicyclic amines) is 2. The lowest BCUT2D eigenvalue weighted by atomic mass is 9.84. The second kappa shape index (κ2) is 23.9. The molecule has 0 radical (unpaired) electrons. The van der Waals surface area contributed by atoms with E-state index in [0.717, 1.165) is 67.9 Å². The summed E-state index contributed by atoms with van der Waals surface area (Å²) in [5.41, 5.74) is 5.82. The zero-order chi connectivity index (χ0) is 54.5. The molecule has 0 saturated carbocycles. The van der Waals surface area contributed by atoms with Gasteiger partial charge in [0.1, 0.15) is 23.9 Å². The molecule has 0 bridgehead atoms. The largest absolute Gasteiger partial charge is 0.378 e. The first-order valence-electron chi connectivity index (χ1n) is 27.5. The van der Waals surface area contributed by atoms with Crippen molar-refractivity contribution in [3.63, 3.8) is 0 Å². The maximum Gasteiger partial charge on any atom is 0.298 e. The number of nitrogens with zero attached hydrogens (tertiary/aromatic N) is 7. The van der Waals surface area contributed by atoms with Crippen LogP contribution in [-0.4, -0.2) is 166 Å². The number of rotatable bonds is 20. The van der Waals surface area contributed by atoms with E-state index in [1.807, 2.05) is 33.0 Å². The zero-order valence-electron chi connectivity index (χ0n) is 46.7. The van der Waals surface area contributed by atoms with Gasteiger partial charge in [0.2, 0.25) is 5.91 Å². The number of likely N-dealkylation sites (N-methyl/N-ethyl adjacent to an activating group) is 1. The molecular weight excluding hydrogens is 951 g/mol. The molecular formula is C58H85N9O8. The monoisotopic (exact) mass is 1040 g/mol. The third-order valence-electron chi connectivity index (χ3n) is 16.1. The minimum absolute atomic E-state index is 0.00541. The topological polar surface area (TPSA) is 182 Å². The number of hydrazine groups is 1. The minimum Gasteiger partial charge on any atom is -0.378 e. The molecule has 3 N–H and O–H groups in total. The minimum atomic E-state index is -1.92. The van der Waals surface area contributed by atoms with Gasteiger partial charge < -0.3 is 44.0 Å². The Labute approximate surface area is 445 Å². The highest BCUT2D eigenvalue weighted by atomic mass is 16.5. The van der Waals surface area contributed by atoms with Crippen molar-refractivity contribution in [2.75, 3.05) is 78.1 Å². The van der Waals surface area contributed by atoms with Crippen molar-refractivity contribution in [3.05, 3.63) is 47.8 Å². The lowest BCUT2D eigenvalue weighted by Gasteiger charge is -2.42. The summed E-state index contributed by atoms with van der Waals surface area (Å²) in [6.45, 7) is 23.1. The summed E-state index contributed by atoms with van der Waals surface area (Å²) < 4.78 is 14.8. The second-order valence-corrected chi connectivity index (χ2v) is 23.2. The standard InChI is InChI=1S/C58H85N9O8/c1-12-46(60-52(70)50(40(3)4)62(10)54(72)58(73)26-33-64(36-58)48(69)23-25-56(8,9)65-30-19-31-65)53(71)67-32-18-24-57(37-68,61-67)39-75-38-55(6,7)35-45-44-34-42(63-28-15-14-16-29-63)21-22-47(44)66(13-2)51(45)43-20-17-27-59-49(43)41(5)74-11/h17,20-22,27,34,37,40-41,46,50,61,73H,12-16,18-19,24,26,28-33,35-36,38-39H2,1-11H3,(H,60,70)/t41-,46-,50-,57?,58+/m0/s1. The highest BCUT2D eigenvalue weighted by molar-refractivity contribution is 5.97. The van der Waals surface area contributed by atoms with Crippen LogP contribution in [0.5, 0.6) is 0 Å². The van der Waals surface area contributed by atoms with Gasteiger partial charge in [-0.3, -0.25) is 34.1 Å². The molecule has 6 heterocycles. The summed E-state index contributed by atoms with van der Waals surface area (Å²) in [7, 11) is 3.17. The lowest BCUT2D eigenvalue weighted by Crippen LogP contribution is -2.66. The number of pyridine rings is 1. The molecule has 0 aliphatic carbocycles. The van der Waals surface area contributed by atoms with Crippen molar-refractivity contribution in [2.24, 2.45) is 11.3 Å². The Balaban J connectivity index is 1.02. The van der Waals surface area contributed by atoms with Crippen LogP contribution in [0, 0.1) is 23.2 Å². The normalized spacial score (nSPS) is 21.8. The van der Waals surface area contributed by atoms with E-state index in [4.69, 9.17) is 14.5 Å². The van der Waals surface area contributed by atoms with Crippen LogP contribution >= 0.6 is 0 Å². The number of hydrogen-bond donors (Lipinski definition) is 3. The Bertz CT molecular complexity index is 2610. The van der Waals surface area contributed by atoms with Crippen LogP contribution in [0.2, 0.25) is 0 Å². The quantitative estimate of drug-likeness (QED) is 0.0903. The van der Waals surface area contributed by atoms with Crippen molar-refractivity contribution in [1.82, 2.24) is 40.0 Å². The zero-order valence-corrected chi connectivity index (χ0v) is 46.7. The SMILES string of the molecule is CC[C@H](NC(=O)[C@H](C(C)C)N(C)C(=O)[C@@]1(O)CCN(C(=O)C#CC(C)(C)N2CCC2)C1)C(=O)N1CCCC(C=O)(COCC(C)(C)Cc2c(-c3cccnc3[C@H](C)OC)n(CC)c3ccc(N4CCCCC4)cc23)N1. The molecule has 4 aliphatic rings. The number of methoxy groups -OCH3 is 1. The van der Waals surface area contributed by atoms with Gasteiger partial charge in [0.05, 0.1) is 42.8 Å². The molecule has 1 unspecified atom stereocenters. The van der Waals surface area contributed by atoms with Gasteiger partial charge in [-0.2, -0.15) is 0 Å². The van der Waals surface area contributed by atoms with Gasteiger partial charge in [0, 0.05) is 94.7 Å². The Morgan fingerprint density at radius 1 is 0.973 bits per heavy atom. The summed E-state index contributed by atoms with van der Waals surface area (Å²) in [5, 5.41) is 17.2. The molecule has 4 amide bonds. The van der Waals surface area contributed by atoms with Crippen molar-refractivity contribution in [1.29, 1.82) is 0 Å². The maximum absolute atomic E-state index is 14.3.